The van der Waals surface area contributed by atoms with Gasteiger partial charge in [0.2, 0.25) is 0 Å². The van der Waals surface area contributed by atoms with E-state index in [1.54, 1.807) is 32.9 Å². The third-order valence-corrected chi connectivity index (χ3v) is 2.44. The van der Waals surface area contributed by atoms with Crippen LogP contribution in [0, 0.1) is 0 Å². The third kappa shape index (κ3) is 7.66. The lowest BCUT2D eigenvalue weighted by Crippen LogP contribution is -2.38. The van der Waals surface area contributed by atoms with Gasteiger partial charge in [-0.2, -0.15) is 8.78 Å². The van der Waals surface area contributed by atoms with Gasteiger partial charge in [0.15, 0.2) is 0 Å². The maximum atomic E-state index is 12.0. The van der Waals surface area contributed by atoms with Gasteiger partial charge >= 0.3 is 12.7 Å². The van der Waals surface area contributed by atoms with Crippen LogP contribution < -0.4 is 15.4 Å². The van der Waals surface area contributed by atoms with Crippen LogP contribution in [0.5, 0.6) is 5.75 Å². The second kappa shape index (κ2) is 7.82. The summed E-state index contributed by atoms with van der Waals surface area (Å²) < 4.78 is 33.5. The van der Waals surface area contributed by atoms with E-state index in [2.05, 4.69) is 15.4 Å². The highest BCUT2D eigenvalue weighted by atomic mass is 19.3. The Morgan fingerprint density at radius 3 is 2.32 bits per heavy atom. The molecule has 2 N–H and O–H groups in total. The van der Waals surface area contributed by atoms with Gasteiger partial charge in [-0.1, -0.05) is 0 Å². The van der Waals surface area contributed by atoms with Crippen LogP contribution in [0.3, 0.4) is 0 Å². The Morgan fingerprint density at radius 2 is 1.82 bits per heavy atom. The van der Waals surface area contributed by atoms with E-state index < -0.39 is 18.3 Å². The normalized spacial score (nSPS) is 12.7. The summed E-state index contributed by atoms with van der Waals surface area (Å²) in [5.41, 5.74) is 0.196. The molecule has 5 nitrogen and oxygen atoms in total. The topological polar surface area (TPSA) is 59.6 Å². The Balaban J connectivity index is 2.38. The van der Waals surface area contributed by atoms with E-state index in [1.165, 1.54) is 12.1 Å². The molecule has 0 aliphatic rings. The molecule has 1 rings (SSSR count). The largest absolute Gasteiger partial charge is 0.444 e. The number of carbonyl (C=O) groups excluding carboxylic acids is 1. The lowest BCUT2D eigenvalue weighted by atomic mass is 10.2. The number of rotatable bonds is 6. The molecule has 0 saturated heterocycles. The summed E-state index contributed by atoms with van der Waals surface area (Å²) in [5.74, 6) is 0.0973. The summed E-state index contributed by atoms with van der Waals surface area (Å²) in [4.78, 5) is 11.5. The number of nitrogens with one attached hydrogen (secondary N) is 2. The number of carbonyl (C=O) groups is 1. The van der Waals surface area contributed by atoms with Crippen LogP contribution in [0.2, 0.25) is 0 Å². The zero-order chi connectivity index (χ0) is 16.8. The summed E-state index contributed by atoms with van der Waals surface area (Å²) >= 11 is 0. The molecule has 0 fully saturated rings. The van der Waals surface area contributed by atoms with E-state index in [9.17, 15) is 13.6 Å². The van der Waals surface area contributed by atoms with Crippen molar-refractivity contribution in [1.29, 1.82) is 0 Å². The van der Waals surface area contributed by atoms with Crippen molar-refractivity contribution in [2.24, 2.45) is 0 Å². The van der Waals surface area contributed by atoms with Gasteiger partial charge in [0.1, 0.15) is 11.4 Å². The van der Waals surface area contributed by atoms with Gasteiger partial charge in [0.25, 0.3) is 0 Å². The van der Waals surface area contributed by atoms with Crippen LogP contribution >= 0.6 is 0 Å². The first-order valence-corrected chi connectivity index (χ1v) is 6.94. The van der Waals surface area contributed by atoms with Gasteiger partial charge in [-0.3, -0.25) is 0 Å². The Kier molecular flexibility index (Phi) is 6.39. The fourth-order valence-electron chi connectivity index (χ4n) is 1.62. The molecule has 0 aliphatic carbocycles. The molecule has 0 radical (unpaired) electrons. The van der Waals surface area contributed by atoms with E-state index in [0.717, 1.165) is 5.69 Å². The summed E-state index contributed by atoms with van der Waals surface area (Å²) in [6.07, 6.45) is -0.484. The van der Waals surface area contributed by atoms with Crippen LogP contribution in [0.4, 0.5) is 19.3 Å². The first kappa shape index (κ1) is 18.0. The molecule has 1 amide bonds. The number of alkyl carbamates (subject to hydrolysis) is 1. The van der Waals surface area contributed by atoms with Crippen LogP contribution in [0.1, 0.15) is 27.7 Å². The Labute approximate surface area is 129 Å². The number of hydrogen-bond acceptors (Lipinski definition) is 4. The number of ether oxygens (including phenoxy) is 2. The molecule has 22 heavy (non-hydrogen) atoms. The molecule has 1 aromatic carbocycles. The molecule has 0 aromatic heterocycles. The number of benzene rings is 1. The number of anilines is 1. The van der Waals surface area contributed by atoms with Crippen molar-refractivity contribution in [2.45, 2.75) is 45.9 Å². The molecule has 0 aliphatic heterocycles. The third-order valence-electron chi connectivity index (χ3n) is 2.44. The van der Waals surface area contributed by atoms with Crippen molar-refractivity contribution in [3.63, 3.8) is 0 Å². The van der Waals surface area contributed by atoms with Crippen molar-refractivity contribution in [1.82, 2.24) is 5.32 Å². The van der Waals surface area contributed by atoms with Crippen LogP contribution in [0.15, 0.2) is 24.3 Å². The van der Waals surface area contributed by atoms with E-state index in [4.69, 9.17) is 4.74 Å². The summed E-state index contributed by atoms with van der Waals surface area (Å²) in [6.45, 7) is 4.77. The number of halogens is 2. The van der Waals surface area contributed by atoms with Gasteiger partial charge in [-0.25, -0.2) is 4.79 Å². The smallest absolute Gasteiger partial charge is 0.407 e. The maximum absolute atomic E-state index is 12.0. The number of amides is 1. The van der Waals surface area contributed by atoms with Crippen molar-refractivity contribution in [3.05, 3.63) is 24.3 Å². The zero-order valence-corrected chi connectivity index (χ0v) is 13.2. The van der Waals surface area contributed by atoms with Crippen molar-refractivity contribution >= 4 is 11.8 Å². The van der Waals surface area contributed by atoms with Crippen molar-refractivity contribution < 1.29 is 23.0 Å². The summed E-state index contributed by atoms with van der Waals surface area (Å²) in [5, 5.41) is 5.78. The Hall–Kier alpha value is -2.05. The Morgan fingerprint density at radius 1 is 1.23 bits per heavy atom. The lowest BCUT2D eigenvalue weighted by molar-refractivity contribution is -0.0498. The van der Waals surface area contributed by atoms with Gasteiger partial charge in [-0.05, 0) is 52.0 Å². The molecule has 0 saturated carbocycles. The fraction of sp³-hybridized carbons (Fsp3) is 0.533. The maximum Gasteiger partial charge on any atom is 0.407 e. The predicted molar refractivity (Wildman–Crippen MR) is 80.4 cm³/mol. The molecule has 0 bridgehead atoms. The minimum atomic E-state index is -2.84. The standard InChI is InChI=1S/C15H22F2N2O3/c1-10(9-18-14(20)22-15(2,3)4)19-11-5-7-12(8-6-11)21-13(16)17/h5-8,10,13,19H,9H2,1-4H3,(H,18,20). The fourth-order valence-corrected chi connectivity index (χ4v) is 1.62. The molecular formula is C15H22F2N2O3. The van der Waals surface area contributed by atoms with E-state index in [1.807, 2.05) is 6.92 Å². The van der Waals surface area contributed by atoms with E-state index in [0.29, 0.717) is 6.54 Å². The molecule has 1 atom stereocenters. The van der Waals surface area contributed by atoms with Gasteiger partial charge in [0, 0.05) is 18.3 Å². The van der Waals surface area contributed by atoms with Crippen LogP contribution in [0.25, 0.3) is 0 Å². The SMILES string of the molecule is CC(CNC(=O)OC(C)(C)C)Nc1ccc(OC(F)F)cc1. The second-order valence-electron chi connectivity index (χ2n) is 5.83. The second-order valence-corrected chi connectivity index (χ2v) is 5.83. The van der Waals surface area contributed by atoms with E-state index in [-0.39, 0.29) is 11.8 Å². The molecule has 1 aromatic rings. The summed E-state index contributed by atoms with van der Waals surface area (Å²) in [7, 11) is 0. The quantitative estimate of drug-likeness (QED) is 0.841. The molecule has 7 heteroatoms. The number of hydrogen-bond donors (Lipinski definition) is 2. The van der Waals surface area contributed by atoms with Gasteiger partial charge in [-0.15, -0.1) is 0 Å². The van der Waals surface area contributed by atoms with Crippen molar-refractivity contribution in [3.8, 4) is 5.75 Å². The average molecular weight is 316 g/mol. The van der Waals surface area contributed by atoms with Gasteiger partial charge < -0.3 is 20.1 Å². The monoisotopic (exact) mass is 316 g/mol. The van der Waals surface area contributed by atoms with E-state index >= 15 is 0 Å². The molecule has 0 heterocycles. The van der Waals surface area contributed by atoms with Gasteiger partial charge in [0.05, 0.1) is 0 Å². The highest BCUT2D eigenvalue weighted by Crippen LogP contribution is 2.18. The minimum Gasteiger partial charge on any atom is -0.444 e. The van der Waals surface area contributed by atoms with Crippen LogP contribution in [-0.2, 0) is 4.74 Å². The lowest BCUT2D eigenvalue weighted by Gasteiger charge is -2.21. The first-order chi connectivity index (χ1) is 10.2. The molecule has 124 valence electrons. The molecular weight excluding hydrogens is 294 g/mol. The van der Waals surface area contributed by atoms with Crippen LogP contribution in [-0.4, -0.2) is 30.9 Å². The highest BCUT2D eigenvalue weighted by molar-refractivity contribution is 5.67. The van der Waals surface area contributed by atoms with Crippen molar-refractivity contribution in [2.75, 3.05) is 11.9 Å². The zero-order valence-electron chi connectivity index (χ0n) is 13.2. The predicted octanol–water partition coefficient (Wildman–Crippen LogP) is 3.61. The summed E-state index contributed by atoms with van der Waals surface area (Å²) in [6, 6.07) is 6.09. The minimum absolute atomic E-state index is 0.0608. The highest BCUT2D eigenvalue weighted by Gasteiger charge is 2.16. The molecule has 0 spiro atoms. The number of alkyl halides is 2. The first-order valence-electron chi connectivity index (χ1n) is 6.94. The average Bonchev–Trinajstić information content (AvgIpc) is 2.36. The Bertz CT molecular complexity index is 473. The molecule has 1 unspecified atom stereocenters.